The summed E-state index contributed by atoms with van der Waals surface area (Å²) >= 11 is 0. The standard InChI is InChI=1S/C18H20N2O5/c1-4-24-18(23)14-10(2)13(11(3)20-14)17(22)25-15(16(19)21)12-8-6-5-7-9-12/h5-9,15,20H,4H2,1-3H3,(H2,19,21)/t15-/m0/s1. The van der Waals surface area contributed by atoms with Gasteiger partial charge in [-0.15, -0.1) is 0 Å². The van der Waals surface area contributed by atoms with Gasteiger partial charge in [0.25, 0.3) is 5.91 Å². The maximum atomic E-state index is 12.6. The molecule has 0 bridgehead atoms. The third-order valence-electron chi connectivity index (χ3n) is 3.71. The van der Waals surface area contributed by atoms with E-state index in [0.29, 0.717) is 16.8 Å². The van der Waals surface area contributed by atoms with Gasteiger partial charge in [-0.25, -0.2) is 9.59 Å². The third kappa shape index (κ3) is 3.88. The molecule has 0 saturated heterocycles. The SMILES string of the molecule is CCOC(=O)c1[nH]c(C)c(C(=O)O[C@H](C(N)=O)c2ccccc2)c1C. The number of hydrogen-bond acceptors (Lipinski definition) is 5. The topological polar surface area (TPSA) is 111 Å². The first-order chi connectivity index (χ1) is 11.9. The van der Waals surface area contributed by atoms with Crippen molar-refractivity contribution < 1.29 is 23.9 Å². The second-order valence-electron chi connectivity index (χ2n) is 5.44. The van der Waals surface area contributed by atoms with E-state index in [1.54, 1.807) is 51.1 Å². The third-order valence-corrected chi connectivity index (χ3v) is 3.71. The number of benzene rings is 1. The molecule has 7 nitrogen and oxygen atoms in total. The Morgan fingerprint density at radius 3 is 2.32 bits per heavy atom. The lowest BCUT2D eigenvalue weighted by molar-refractivity contribution is -0.127. The van der Waals surface area contributed by atoms with Gasteiger partial charge in [-0.2, -0.15) is 0 Å². The smallest absolute Gasteiger partial charge is 0.355 e. The molecule has 0 radical (unpaired) electrons. The van der Waals surface area contributed by atoms with E-state index in [0.717, 1.165) is 0 Å². The average molecular weight is 344 g/mol. The van der Waals surface area contributed by atoms with E-state index in [4.69, 9.17) is 15.2 Å². The molecule has 1 heterocycles. The van der Waals surface area contributed by atoms with Crippen LogP contribution in [-0.2, 0) is 14.3 Å². The Hall–Kier alpha value is -3.09. The molecule has 2 aromatic rings. The first-order valence-electron chi connectivity index (χ1n) is 7.78. The summed E-state index contributed by atoms with van der Waals surface area (Å²) in [5.74, 6) is -2.08. The minimum atomic E-state index is -1.21. The van der Waals surface area contributed by atoms with Crippen LogP contribution in [0.2, 0.25) is 0 Å². The van der Waals surface area contributed by atoms with Crippen LogP contribution >= 0.6 is 0 Å². The number of aromatic amines is 1. The van der Waals surface area contributed by atoms with Crippen LogP contribution in [0.15, 0.2) is 30.3 Å². The summed E-state index contributed by atoms with van der Waals surface area (Å²) in [4.78, 5) is 39.0. The Morgan fingerprint density at radius 1 is 1.12 bits per heavy atom. The molecule has 0 saturated carbocycles. The van der Waals surface area contributed by atoms with Crippen molar-refractivity contribution in [3.8, 4) is 0 Å². The van der Waals surface area contributed by atoms with E-state index in [-0.39, 0.29) is 17.9 Å². The predicted octanol–water partition coefficient (Wildman–Crippen LogP) is 2.19. The molecule has 0 aliphatic heterocycles. The van der Waals surface area contributed by atoms with Crippen molar-refractivity contribution in [3.63, 3.8) is 0 Å². The molecule has 0 aliphatic rings. The number of primary amides is 1. The Kier molecular flexibility index (Phi) is 5.59. The number of nitrogens with one attached hydrogen (secondary N) is 1. The van der Waals surface area contributed by atoms with Crippen molar-refractivity contribution in [1.82, 2.24) is 4.98 Å². The van der Waals surface area contributed by atoms with Crippen LogP contribution in [0.3, 0.4) is 0 Å². The van der Waals surface area contributed by atoms with Gasteiger partial charge in [0.15, 0.2) is 0 Å². The minimum absolute atomic E-state index is 0.182. The van der Waals surface area contributed by atoms with Gasteiger partial charge in [-0.3, -0.25) is 4.79 Å². The molecular formula is C18H20N2O5. The average Bonchev–Trinajstić information content (AvgIpc) is 2.88. The van der Waals surface area contributed by atoms with Gasteiger partial charge >= 0.3 is 11.9 Å². The zero-order valence-electron chi connectivity index (χ0n) is 14.3. The number of H-pyrrole nitrogens is 1. The molecule has 132 valence electrons. The molecule has 25 heavy (non-hydrogen) atoms. The summed E-state index contributed by atoms with van der Waals surface area (Å²) in [6, 6.07) is 8.48. The number of aryl methyl sites for hydroxylation is 1. The summed E-state index contributed by atoms with van der Waals surface area (Å²) in [5.41, 5.74) is 7.05. The number of carbonyl (C=O) groups excluding carboxylic acids is 3. The van der Waals surface area contributed by atoms with Crippen LogP contribution in [0.5, 0.6) is 0 Å². The van der Waals surface area contributed by atoms with Crippen molar-refractivity contribution in [2.45, 2.75) is 26.9 Å². The molecule has 1 amide bonds. The van der Waals surface area contributed by atoms with Gasteiger partial charge in [-0.1, -0.05) is 30.3 Å². The van der Waals surface area contributed by atoms with E-state index in [1.807, 2.05) is 0 Å². The van der Waals surface area contributed by atoms with Crippen LogP contribution in [0, 0.1) is 13.8 Å². The molecule has 3 N–H and O–H groups in total. The summed E-state index contributed by atoms with van der Waals surface area (Å²) in [6.45, 7) is 5.14. The lowest BCUT2D eigenvalue weighted by Crippen LogP contribution is -2.26. The van der Waals surface area contributed by atoms with Gasteiger partial charge in [0.05, 0.1) is 12.2 Å². The first kappa shape index (κ1) is 18.3. The van der Waals surface area contributed by atoms with Gasteiger partial charge in [0.1, 0.15) is 5.69 Å². The molecular weight excluding hydrogens is 324 g/mol. The number of ether oxygens (including phenoxy) is 2. The fourth-order valence-corrected chi connectivity index (χ4v) is 2.55. The Morgan fingerprint density at radius 2 is 1.76 bits per heavy atom. The van der Waals surface area contributed by atoms with E-state index in [2.05, 4.69) is 4.98 Å². The first-order valence-corrected chi connectivity index (χ1v) is 7.78. The number of aromatic nitrogens is 1. The molecule has 0 unspecified atom stereocenters. The number of hydrogen-bond donors (Lipinski definition) is 2. The lowest BCUT2D eigenvalue weighted by Gasteiger charge is -2.15. The summed E-state index contributed by atoms with van der Waals surface area (Å²) < 4.78 is 10.3. The highest BCUT2D eigenvalue weighted by molar-refractivity contribution is 5.99. The van der Waals surface area contributed by atoms with Crippen molar-refractivity contribution >= 4 is 17.8 Å². The quantitative estimate of drug-likeness (QED) is 0.780. The molecule has 0 aliphatic carbocycles. The van der Waals surface area contributed by atoms with Crippen LogP contribution in [0.1, 0.15) is 50.7 Å². The maximum Gasteiger partial charge on any atom is 0.355 e. The van der Waals surface area contributed by atoms with Gasteiger partial charge < -0.3 is 20.2 Å². The van der Waals surface area contributed by atoms with Crippen LogP contribution in [0.25, 0.3) is 0 Å². The van der Waals surface area contributed by atoms with Crippen LogP contribution in [-0.4, -0.2) is 29.4 Å². The summed E-state index contributed by atoms with van der Waals surface area (Å²) in [5, 5.41) is 0. The molecule has 0 fully saturated rings. The molecule has 7 heteroatoms. The van der Waals surface area contributed by atoms with Gasteiger partial charge in [-0.05, 0) is 26.3 Å². The van der Waals surface area contributed by atoms with Gasteiger partial charge in [0.2, 0.25) is 6.10 Å². The Balaban J connectivity index is 2.31. The van der Waals surface area contributed by atoms with Crippen molar-refractivity contribution in [2.75, 3.05) is 6.61 Å². The molecule has 1 atom stereocenters. The fraction of sp³-hybridized carbons (Fsp3) is 0.278. The normalized spacial score (nSPS) is 11.6. The van der Waals surface area contributed by atoms with Crippen molar-refractivity contribution in [1.29, 1.82) is 0 Å². The maximum absolute atomic E-state index is 12.6. The molecule has 1 aromatic heterocycles. The summed E-state index contributed by atoms with van der Waals surface area (Å²) in [7, 11) is 0. The second kappa shape index (κ2) is 7.65. The van der Waals surface area contributed by atoms with E-state index >= 15 is 0 Å². The van der Waals surface area contributed by atoms with Crippen LogP contribution < -0.4 is 5.73 Å². The van der Waals surface area contributed by atoms with Gasteiger partial charge in [0, 0.05) is 11.3 Å². The Bertz CT molecular complexity index is 795. The zero-order valence-corrected chi connectivity index (χ0v) is 14.3. The summed E-state index contributed by atoms with van der Waals surface area (Å²) in [6.07, 6.45) is -1.21. The minimum Gasteiger partial charge on any atom is -0.461 e. The molecule has 1 aromatic carbocycles. The number of rotatable bonds is 6. The van der Waals surface area contributed by atoms with E-state index in [9.17, 15) is 14.4 Å². The lowest BCUT2D eigenvalue weighted by atomic mass is 10.1. The number of amides is 1. The number of nitrogens with two attached hydrogens (primary N) is 1. The fourth-order valence-electron chi connectivity index (χ4n) is 2.55. The van der Waals surface area contributed by atoms with E-state index < -0.39 is 23.9 Å². The monoisotopic (exact) mass is 344 g/mol. The Labute approximate surface area is 145 Å². The van der Waals surface area contributed by atoms with E-state index in [1.165, 1.54) is 0 Å². The highest BCUT2D eigenvalue weighted by Gasteiger charge is 2.28. The van der Waals surface area contributed by atoms with Crippen LogP contribution in [0.4, 0.5) is 0 Å². The van der Waals surface area contributed by atoms with Crippen molar-refractivity contribution in [2.24, 2.45) is 5.73 Å². The number of esters is 2. The number of carbonyl (C=O) groups is 3. The second-order valence-corrected chi connectivity index (χ2v) is 5.44. The zero-order chi connectivity index (χ0) is 18.6. The molecule has 0 spiro atoms. The van der Waals surface area contributed by atoms with Crippen molar-refractivity contribution in [3.05, 3.63) is 58.4 Å². The highest BCUT2D eigenvalue weighted by atomic mass is 16.5. The molecule has 2 rings (SSSR count). The largest absolute Gasteiger partial charge is 0.461 e. The predicted molar refractivity (Wildman–Crippen MR) is 90.0 cm³/mol. The highest BCUT2D eigenvalue weighted by Crippen LogP contribution is 2.24.